The Morgan fingerprint density at radius 2 is 2.00 bits per heavy atom. The standard InChI is InChI=1S/C12H13F2NO5S/c13-9-2-1-3-10(14)8(9)7-21(18,19)15-4-5-20-11(6-15)12(16)17/h1-3,11H,4-7H2,(H,16,17). The Balaban J connectivity index is 2.20. The van der Waals surface area contributed by atoms with Crippen molar-refractivity contribution in [2.24, 2.45) is 0 Å². The van der Waals surface area contributed by atoms with Crippen LogP contribution in [0.2, 0.25) is 0 Å². The number of sulfonamides is 1. The number of hydrogen-bond donors (Lipinski definition) is 1. The van der Waals surface area contributed by atoms with Gasteiger partial charge in [0.2, 0.25) is 10.0 Å². The third kappa shape index (κ3) is 3.55. The largest absolute Gasteiger partial charge is 0.479 e. The molecular weight excluding hydrogens is 308 g/mol. The summed E-state index contributed by atoms with van der Waals surface area (Å²) in [6.07, 6.45) is -1.28. The first-order chi connectivity index (χ1) is 9.81. The molecule has 0 radical (unpaired) electrons. The molecule has 1 N–H and O–H groups in total. The number of carboxylic acid groups (broad SMARTS) is 1. The van der Waals surface area contributed by atoms with Crippen molar-refractivity contribution in [3.8, 4) is 0 Å². The Hall–Kier alpha value is -1.58. The van der Waals surface area contributed by atoms with Crippen LogP contribution in [-0.4, -0.2) is 49.6 Å². The topological polar surface area (TPSA) is 83.9 Å². The zero-order chi connectivity index (χ0) is 15.6. The van der Waals surface area contributed by atoms with E-state index in [1.807, 2.05) is 0 Å². The number of ether oxygens (including phenoxy) is 1. The summed E-state index contributed by atoms with van der Waals surface area (Å²) in [6, 6.07) is 3.07. The molecule has 21 heavy (non-hydrogen) atoms. The number of aliphatic carboxylic acids is 1. The predicted octanol–water partition coefficient (Wildman–Crippen LogP) is 0.580. The molecule has 1 unspecified atom stereocenters. The molecule has 1 atom stereocenters. The maximum absolute atomic E-state index is 13.5. The van der Waals surface area contributed by atoms with Gasteiger partial charge in [0, 0.05) is 12.1 Å². The molecule has 116 valence electrons. The SMILES string of the molecule is O=C(O)C1CN(S(=O)(=O)Cc2c(F)cccc2F)CCO1. The lowest BCUT2D eigenvalue weighted by molar-refractivity contribution is -0.153. The van der Waals surface area contributed by atoms with Crippen LogP contribution in [0.15, 0.2) is 18.2 Å². The molecule has 9 heteroatoms. The van der Waals surface area contributed by atoms with Gasteiger partial charge in [-0.05, 0) is 12.1 Å². The fourth-order valence-corrected chi connectivity index (χ4v) is 3.51. The normalized spacial score (nSPS) is 20.4. The summed E-state index contributed by atoms with van der Waals surface area (Å²) in [5, 5.41) is 8.83. The third-order valence-electron chi connectivity index (χ3n) is 3.09. The number of morpholine rings is 1. The van der Waals surface area contributed by atoms with Crippen molar-refractivity contribution in [3.05, 3.63) is 35.4 Å². The third-order valence-corrected chi connectivity index (χ3v) is 4.86. The smallest absolute Gasteiger partial charge is 0.334 e. The lowest BCUT2D eigenvalue weighted by Gasteiger charge is -2.30. The van der Waals surface area contributed by atoms with Crippen LogP contribution in [0.4, 0.5) is 8.78 Å². The molecular formula is C12H13F2NO5S. The number of hydrogen-bond acceptors (Lipinski definition) is 4. The highest BCUT2D eigenvalue weighted by Gasteiger charge is 2.34. The van der Waals surface area contributed by atoms with Crippen LogP contribution in [0.5, 0.6) is 0 Å². The zero-order valence-electron chi connectivity index (χ0n) is 10.8. The fourth-order valence-electron chi connectivity index (χ4n) is 1.97. The van der Waals surface area contributed by atoms with Crippen molar-refractivity contribution in [1.82, 2.24) is 4.31 Å². The molecule has 6 nitrogen and oxygen atoms in total. The summed E-state index contributed by atoms with van der Waals surface area (Å²) in [4.78, 5) is 10.8. The number of carbonyl (C=O) groups is 1. The fraction of sp³-hybridized carbons (Fsp3) is 0.417. The van der Waals surface area contributed by atoms with E-state index < -0.39 is 45.0 Å². The van der Waals surface area contributed by atoms with Crippen molar-refractivity contribution in [3.63, 3.8) is 0 Å². The molecule has 1 aromatic rings. The van der Waals surface area contributed by atoms with Gasteiger partial charge in [0.15, 0.2) is 6.10 Å². The molecule has 1 saturated heterocycles. The Morgan fingerprint density at radius 3 is 2.57 bits per heavy atom. The van der Waals surface area contributed by atoms with E-state index in [0.29, 0.717) is 0 Å². The van der Waals surface area contributed by atoms with E-state index in [4.69, 9.17) is 9.84 Å². The highest BCUT2D eigenvalue weighted by Crippen LogP contribution is 2.19. The first-order valence-corrected chi connectivity index (χ1v) is 7.67. The van der Waals surface area contributed by atoms with E-state index in [-0.39, 0.29) is 19.7 Å². The zero-order valence-corrected chi connectivity index (χ0v) is 11.6. The van der Waals surface area contributed by atoms with E-state index in [1.165, 1.54) is 0 Å². The van der Waals surface area contributed by atoms with Gasteiger partial charge >= 0.3 is 5.97 Å². The number of benzene rings is 1. The predicted molar refractivity (Wildman–Crippen MR) is 67.9 cm³/mol. The van der Waals surface area contributed by atoms with Gasteiger partial charge in [-0.3, -0.25) is 0 Å². The number of carboxylic acids is 1. The van der Waals surface area contributed by atoms with Crippen LogP contribution < -0.4 is 0 Å². The summed E-state index contributed by atoms with van der Waals surface area (Å²) in [7, 11) is -4.04. The molecule has 2 rings (SSSR count). The molecule has 0 aromatic heterocycles. The summed E-state index contributed by atoms with van der Waals surface area (Å²) < 4.78 is 57.2. The maximum atomic E-state index is 13.5. The van der Waals surface area contributed by atoms with E-state index >= 15 is 0 Å². The molecule has 0 saturated carbocycles. The average Bonchev–Trinajstić information content (AvgIpc) is 2.43. The molecule has 1 aromatic carbocycles. The van der Waals surface area contributed by atoms with Crippen LogP contribution in [0.1, 0.15) is 5.56 Å². The van der Waals surface area contributed by atoms with E-state index in [0.717, 1.165) is 22.5 Å². The molecule has 0 spiro atoms. The molecule has 1 aliphatic heterocycles. The first-order valence-electron chi connectivity index (χ1n) is 6.06. The van der Waals surface area contributed by atoms with Gasteiger partial charge in [0.25, 0.3) is 0 Å². The van der Waals surface area contributed by atoms with Crippen molar-refractivity contribution < 1.29 is 31.8 Å². The lowest BCUT2D eigenvalue weighted by atomic mass is 10.2. The summed E-state index contributed by atoms with van der Waals surface area (Å²) in [5.74, 6) is -4.06. The van der Waals surface area contributed by atoms with Gasteiger partial charge in [-0.25, -0.2) is 22.0 Å². The second-order valence-corrected chi connectivity index (χ2v) is 6.48. The minimum Gasteiger partial charge on any atom is -0.479 e. The first kappa shape index (κ1) is 15.8. The summed E-state index contributed by atoms with van der Waals surface area (Å²) >= 11 is 0. The Labute approximate surface area is 120 Å². The van der Waals surface area contributed by atoms with Crippen molar-refractivity contribution >= 4 is 16.0 Å². The lowest BCUT2D eigenvalue weighted by Crippen LogP contribution is -2.48. The molecule has 1 aliphatic rings. The van der Waals surface area contributed by atoms with Gasteiger partial charge in [-0.1, -0.05) is 6.07 Å². The number of halogens is 2. The van der Waals surface area contributed by atoms with Crippen LogP contribution >= 0.6 is 0 Å². The van der Waals surface area contributed by atoms with Gasteiger partial charge in [-0.15, -0.1) is 0 Å². The minimum atomic E-state index is -4.04. The van der Waals surface area contributed by atoms with Crippen molar-refractivity contribution in [2.75, 3.05) is 19.7 Å². The van der Waals surface area contributed by atoms with Gasteiger partial charge in [0.05, 0.1) is 18.9 Å². The minimum absolute atomic E-state index is 0.0534. The van der Waals surface area contributed by atoms with E-state index in [9.17, 15) is 22.0 Å². The van der Waals surface area contributed by atoms with Crippen LogP contribution in [0.25, 0.3) is 0 Å². The van der Waals surface area contributed by atoms with E-state index in [1.54, 1.807) is 0 Å². The van der Waals surface area contributed by atoms with Crippen LogP contribution in [-0.2, 0) is 25.3 Å². The quantitative estimate of drug-likeness (QED) is 0.877. The van der Waals surface area contributed by atoms with Gasteiger partial charge < -0.3 is 9.84 Å². The maximum Gasteiger partial charge on any atom is 0.334 e. The Kier molecular flexibility index (Phi) is 4.55. The molecule has 0 bridgehead atoms. The highest BCUT2D eigenvalue weighted by molar-refractivity contribution is 7.88. The number of rotatable bonds is 4. The van der Waals surface area contributed by atoms with Crippen molar-refractivity contribution in [2.45, 2.75) is 11.9 Å². The number of nitrogens with zero attached hydrogens (tertiary/aromatic N) is 1. The molecule has 0 aliphatic carbocycles. The Morgan fingerprint density at radius 1 is 1.38 bits per heavy atom. The summed E-state index contributed by atoms with van der Waals surface area (Å²) in [6.45, 7) is -0.522. The van der Waals surface area contributed by atoms with Crippen LogP contribution in [0.3, 0.4) is 0 Å². The monoisotopic (exact) mass is 321 g/mol. The Bertz CT molecular complexity index is 629. The van der Waals surface area contributed by atoms with E-state index in [2.05, 4.69) is 0 Å². The van der Waals surface area contributed by atoms with Crippen LogP contribution in [0, 0.1) is 11.6 Å². The second-order valence-electron chi connectivity index (χ2n) is 4.51. The van der Waals surface area contributed by atoms with Gasteiger partial charge in [-0.2, -0.15) is 4.31 Å². The molecule has 1 fully saturated rings. The second kappa shape index (κ2) is 6.04. The molecule has 1 heterocycles. The van der Waals surface area contributed by atoms with Crippen molar-refractivity contribution in [1.29, 1.82) is 0 Å². The molecule has 0 amide bonds. The summed E-state index contributed by atoms with van der Waals surface area (Å²) in [5.41, 5.74) is -0.559. The highest BCUT2D eigenvalue weighted by atomic mass is 32.2. The average molecular weight is 321 g/mol. The van der Waals surface area contributed by atoms with Gasteiger partial charge in [0.1, 0.15) is 11.6 Å².